The van der Waals surface area contributed by atoms with Gasteiger partial charge in [-0.3, -0.25) is 0 Å². The highest BCUT2D eigenvalue weighted by atomic mass is 16.7. The topological polar surface area (TPSA) is 68.3 Å². The first-order valence-electron chi connectivity index (χ1n) is 9.10. The van der Waals surface area contributed by atoms with Gasteiger partial charge in [-0.25, -0.2) is 4.98 Å². The number of hydrogen-bond donors (Lipinski definition) is 2. The van der Waals surface area contributed by atoms with Gasteiger partial charge in [-0.2, -0.15) is 4.98 Å². The lowest BCUT2D eigenvalue weighted by Gasteiger charge is -2.09. The number of aromatic nitrogens is 2. The second kappa shape index (κ2) is 8.40. The minimum Gasteiger partial charge on any atom is -0.454 e. The molecule has 0 saturated carbocycles. The number of anilines is 2. The first-order chi connectivity index (χ1) is 13.4. The Kier molecular flexibility index (Phi) is 5.34. The first kappa shape index (κ1) is 17.1. The van der Waals surface area contributed by atoms with Gasteiger partial charge in [-0.1, -0.05) is 36.4 Å². The number of hydrogen-bond acceptors (Lipinski definition) is 6. The fourth-order valence-electron chi connectivity index (χ4n) is 2.93. The molecule has 0 radical (unpaired) electrons. The first-order valence-corrected chi connectivity index (χ1v) is 9.10. The van der Waals surface area contributed by atoms with E-state index in [0.717, 1.165) is 42.3 Å². The molecule has 2 N–H and O–H groups in total. The van der Waals surface area contributed by atoms with Crippen LogP contribution < -0.4 is 20.1 Å². The predicted molar refractivity (Wildman–Crippen MR) is 105 cm³/mol. The molecule has 4 rings (SSSR count). The Balaban J connectivity index is 1.26. The maximum absolute atomic E-state index is 5.41. The molecule has 0 spiro atoms. The summed E-state index contributed by atoms with van der Waals surface area (Å²) < 4.78 is 10.7. The SMILES string of the molecule is c1ccc(CCCNc2ccnc(NCc3ccc4c(c3)OCO4)n2)cc1. The average Bonchev–Trinajstić information content (AvgIpc) is 3.19. The molecule has 6 nitrogen and oxygen atoms in total. The third-order valence-electron chi connectivity index (χ3n) is 4.33. The van der Waals surface area contributed by atoms with Gasteiger partial charge >= 0.3 is 0 Å². The molecular formula is C21H22N4O2. The van der Waals surface area contributed by atoms with Crippen LogP contribution in [0.5, 0.6) is 11.5 Å². The lowest BCUT2D eigenvalue weighted by Crippen LogP contribution is -2.08. The van der Waals surface area contributed by atoms with Gasteiger partial charge in [0.15, 0.2) is 11.5 Å². The fourth-order valence-corrected chi connectivity index (χ4v) is 2.93. The number of nitrogens with one attached hydrogen (secondary N) is 2. The highest BCUT2D eigenvalue weighted by Crippen LogP contribution is 2.32. The zero-order chi connectivity index (χ0) is 18.3. The number of ether oxygens (including phenoxy) is 2. The Hall–Kier alpha value is -3.28. The van der Waals surface area contributed by atoms with E-state index in [1.54, 1.807) is 6.20 Å². The Morgan fingerprint density at radius 1 is 0.889 bits per heavy atom. The van der Waals surface area contributed by atoms with Gasteiger partial charge in [0, 0.05) is 19.3 Å². The van der Waals surface area contributed by atoms with Crippen molar-refractivity contribution < 1.29 is 9.47 Å². The van der Waals surface area contributed by atoms with Gasteiger partial charge in [0.25, 0.3) is 0 Å². The summed E-state index contributed by atoms with van der Waals surface area (Å²) in [6.07, 6.45) is 3.86. The van der Waals surface area contributed by atoms with Crippen LogP contribution in [0.15, 0.2) is 60.8 Å². The van der Waals surface area contributed by atoms with E-state index in [-0.39, 0.29) is 6.79 Å². The van der Waals surface area contributed by atoms with Gasteiger partial charge in [-0.05, 0) is 42.2 Å². The molecule has 0 atom stereocenters. The van der Waals surface area contributed by atoms with Gasteiger partial charge < -0.3 is 20.1 Å². The Morgan fingerprint density at radius 2 is 1.78 bits per heavy atom. The van der Waals surface area contributed by atoms with Crippen molar-refractivity contribution in [3.63, 3.8) is 0 Å². The monoisotopic (exact) mass is 362 g/mol. The molecule has 0 fully saturated rings. The summed E-state index contributed by atoms with van der Waals surface area (Å²) in [5.41, 5.74) is 2.44. The van der Waals surface area contributed by atoms with Crippen molar-refractivity contribution in [1.82, 2.24) is 9.97 Å². The number of fused-ring (bicyclic) bond motifs is 1. The molecule has 0 unspecified atom stereocenters. The molecule has 0 bridgehead atoms. The highest BCUT2D eigenvalue weighted by molar-refractivity contribution is 5.46. The lowest BCUT2D eigenvalue weighted by molar-refractivity contribution is 0.174. The highest BCUT2D eigenvalue weighted by Gasteiger charge is 2.13. The second-order valence-electron chi connectivity index (χ2n) is 6.32. The van der Waals surface area contributed by atoms with Gasteiger partial charge in [0.1, 0.15) is 5.82 Å². The van der Waals surface area contributed by atoms with Crippen molar-refractivity contribution in [2.45, 2.75) is 19.4 Å². The Morgan fingerprint density at radius 3 is 2.70 bits per heavy atom. The van der Waals surface area contributed by atoms with Crippen LogP contribution in [-0.2, 0) is 13.0 Å². The van der Waals surface area contributed by atoms with E-state index in [1.807, 2.05) is 30.3 Å². The average molecular weight is 362 g/mol. The van der Waals surface area contributed by atoms with Crippen LogP contribution >= 0.6 is 0 Å². The summed E-state index contributed by atoms with van der Waals surface area (Å²) in [7, 11) is 0. The smallest absolute Gasteiger partial charge is 0.231 e. The van der Waals surface area contributed by atoms with E-state index in [0.29, 0.717) is 12.5 Å². The van der Waals surface area contributed by atoms with E-state index in [9.17, 15) is 0 Å². The van der Waals surface area contributed by atoms with Crippen LogP contribution in [0, 0.1) is 0 Å². The molecule has 0 amide bonds. The third kappa shape index (κ3) is 4.67. The van der Waals surface area contributed by atoms with Gasteiger partial charge in [0.2, 0.25) is 12.7 Å². The molecule has 27 heavy (non-hydrogen) atoms. The molecule has 138 valence electrons. The molecule has 2 aromatic carbocycles. The predicted octanol–water partition coefficient (Wildman–Crippen LogP) is 3.86. The normalized spacial score (nSPS) is 12.0. The number of nitrogens with zero attached hydrogens (tertiary/aromatic N) is 2. The summed E-state index contributed by atoms with van der Waals surface area (Å²) in [6, 6.07) is 18.3. The Labute approximate surface area is 158 Å². The van der Waals surface area contributed by atoms with Crippen LogP contribution in [0.3, 0.4) is 0 Å². The van der Waals surface area contributed by atoms with E-state index in [4.69, 9.17) is 9.47 Å². The van der Waals surface area contributed by atoms with Crippen molar-refractivity contribution in [3.05, 3.63) is 71.9 Å². The molecule has 1 aliphatic rings. The minimum absolute atomic E-state index is 0.285. The summed E-state index contributed by atoms with van der Waals surface area (Å²) in [6.45, 7) is 1.77. The third-order valence-corrected chi connectivity index (χ3v) is 4.33. The fraction of sp³-hybridized carbons (Fsp3) is 0.238. The molecule has 3 aromatic rings. The maximum atomic E-state index is 5.41. The molecule has 2 heterocycles. The van der Waals surface area contributed by atoms with Gasteiger partial charge in [-0.15, -0.1) is 0 Å². The summed E-state index contributed by atoms with van der Waals surface area (Å²) in [5.74, 6) is 2.99. The number of benzene rings is 2. The lowest BCUT2D eigenvalue weighted by atomic mass is 10.1. The van der Waals surface area contributed by atoms with E-state index in [1.165, 1.54) is 5.56 Å². The standard InChI is InChI=1S/C21H22N4O2/c1-2-5-16(6-3-1)7-4-11-22-20-10-12-23-21(25-20)24-14-17-8-9-18-19(13-17)27-15-26-18/h1-3,5-6,8-10,12-13H,4,7,11,14-15H2,(H2,22,23,24,25). The largest absolute Gasteiger partial charge is 0.454 e. The zero-order valence-electron chi connectivity index (χ0n) is 15.0. The summed E-state index contributed by atoms with van der Waals surface area (Å²) >= 11 is 0. The molecular weight excluding hydrogens is 340 g/mol. The molecule has 1 aliphatic heterocycles. The van der Waals surface area contributed by atoms with Crippen LogP contribution in [0.25, 0.3) is 0 Å². The second-order valence-corrected chi connectivity index (χ2v) is 6.32. The minimum atomic E-state index is 0.285. The van der Waals surface area contributed by atoms with Crippen LogP contribution in [0.2, 0.25) is 0 Å². The van der Waals surface area contributed by atoms with Crippen molar-refractivity contribution in [1.29, 1.82) is 0 Å². The number of rotatable bonds is 8. The van der Waals surface area contributed by atoms with Gasteiger partial charge in [0.05, 0.1) is 0 Å². The van der Waals surface area contributed by atoms with E-state index >= 15 is 0 Å². The Bertz CT molecular complexity index is 886. The van der Waals surface area contributed by atoms with Crippen LogP contribution in [0.1, 0.15) is 17.5 Å². The summed E-state index contributed by atoms with van der Waals surface area (Å²) in [4.78, 5) is 8.80. The van der Waals surface area contributed by atoms with Crippen molar-refractivity contribution in [3.8, 4) is 11.5 Å². The zero-order valence-corrected chi connectivity index (χ0v) is 15.0. The van der Waals surface area contributed by atoms with Crippen molar-refractivity contribution in [2.75, 3.05) is 24.0 Å². The molecule has 6 heteroatoms. The maximum Gasteiger partial charge on any atom is 0.231 e. The van der Waals surface area contributed by atoms with Crippen LogP contribution in [-0.4, -0.2) is 23.3 Å². The van der Waals surface area contributed by atoms with E-state index in [2.05, 4.69) is 44.9 Å². The summed E-state index contributed by atoms with van der Waals surface area (Å²) in [5, 5.41) is 6.61. The quantitative estimate of drug-likeness (QED) is 0.593. The van der Waals surface area contributed by atoms with Crippen molar-refractivity contribution >= 4 is 11.8 Å². The molecule has 0 saturated heterocycles. The molecule has 1 aromatic heterocycles. The number of aryl methyl sites for hydroxylation is 1. The van der Waals surface area contributed by atoms with Crippen LogP contribution in [0.4, 0.5) is 11.8 Å². The van der Waals surface area contributed by atoms with Crippen molar-refractivity contribution in [2.24, 2.45) is 0 Å². The molecule has 0 aliphatic carbocycles. The van der Waals surface area contributed by atoms with E-state index < -0.39 is 0 Å².